The molecule has 1 atom stereocenters. The fraction of sp³-hybridized carbons (Fsp3) is 0.917. The molecule has 5 nitrogen and oxygen atoms in total. The molecule has 1 aliphatic carbocycles. The zero-order valence-corrected chi connectivity index (χ0v) is 10.7. The Hall–Kier alpha value is -0.970. The van der Waals surface area contributed by atoms with Gasteiger partial charge in [-0.1, -0.05) is 32.1 Å². The minimum atomic E-state index is 0.182. The number of nitrogens with two attached hydrogens (primary N) is 1. The van der Waals surface area contributed by atoms with Gasteiger partial charge in [-0.2, -0.15) is 4.80 Å². The Labute approximate surface area is 103 Å². The summed E-state index contributed by atoms with van der Waals surface area (Å²) in [6.07, 6.45) is 10.1. The molecule has 0 amide bonds. The molecule has 0 saturated heterocycles. The van der Waals surface area contributed by atoms with Crippen LogP contribution >= 0.6 is 0 Å². The Bertz CT molecular complexity index is 329. The lowest BCUT2D eigenvalue weighted by Gasteiger charge is -2.22. The van der Waals surface area contributed by atoms with Gasteiger partial charge in [0.1, 0.15) is 0 Å². The lowest BCUT2D eigenvalue weighted by atomic mass is 9.85. The summed E-state index contributed by atoms with van der Waals surface area (Å²) in [4.78, 5) is 1.49. The lowest BCUT2D eigenvalue weighted by Crippen LogP contribution is -2.24. The summed E-state index contributed by atoms with van der Waals surface area (Å²) >= 11 is 0. The molecule has 17 heavy (non-hydrogen) atoms. The van der Waals surface area contributed by atoms with Crippen LogP contribution in [0.5, 0.6) is 0 Å². The highest BCUT2D eigenvalue weighted by Crippen LogP contribution is 2.27. The third-order valence-electron chi connectivity index (χ3n) is 3.66. The molecule has 2 N–H and O–H groups in total. The van der Waals surface area contributed by atoms with Gasteiger partial charge in [-0.3, -0.25) is 0 Å². The first-order valence-electron chi connectivity index (χ1n) is 6.72. The highest BCUT2D eigenvalue weighted by atomic mass is 15.6. The van der Waals surface area contributed by atoms with Crippen LogP contribution in [0.1, 0.15) is 50.8 Å². The molecule has 2 rings (SSSR count). The maximum Gasteiger partial charge on any atom is 0.176 e. The molecule has 0 spiro atoms. The standard InChI is InChI=1S/C12H23N5/c1-17-15-12(14-16-17)9-11(13)8-7-10-5-3-2-4-6-10/h10-11H,2-9,13H2,1H3. The van der Waals surface area contributed by atoms with Gasteiger partial charge in [-0.15, -0.1) is 10.2 Å². The van der Waals surface area contributed by atoms with Crippen molar-refractivity contribution in [1.82, 2.24) is 20.2 Å². The van der Waals surface area contributed by atoms with Crippen molar-refractivity contribution in [2.75, 3.05) is 0 Å². The van der Waals surface area contributed by atoms with E-state index in [0.29, 0.717) is 0 Å². The molecule has 1 unspecified atom stereocenters. The van der Waals surface area contributed by atoms with Crippen molar-refractivity contribution in [3.8, 4) is 0 Å². The lowest BCUT2D eigenvalue weighted by molar-refractivity contribution is 0.322. The molecule has 1 aromatic heterocycles. The Morgan fingerprint density at radius 2 is 2.12 bits per heavy atom. The van der Waals surface area contributed by atoms with Crippen LogP contribution in [-0.4, -0.2) is 26.2 Å². The smallest absolute Gasteiger partial charge is 0.176 e. The molecule has 0 aliphatic heterocycles. The normalized spacial score (nSPS) is 19.4. The molecular formula is C12H23N5. The maximum absolute atomic E-state index is 6.12. The van der Waals surface area contributed by atoms with E-state index in [0.717, 1.165) is 24.6 Å². The molecule has 1 fully saturated rings. The number of hydrogen-bond acceptors (Lipinski definition) is 4. The number of tetrazole rings is 1. The highest BCUT2D eigenvalue weighted by molar-refractivity contribution is 4.83. The molecule has 5 heteroatoms. The summed E-state index contributed by atoms with van der Waals surface area (Å²) in [5.74, 6) is 1.67. The van der Waals surface area contributed by atoms with Crippen LogP contribution in [0.4, 0.5) is 0 Å². The Kier molecular flexibility index (Phi) is 4.48. The third-order valence-corrected chi connectivity index (χ3v) is 3.66. The topological polar surface area (TPSA) is 69.6 Å². The quantitative estimate of drug-likeness (QED) is 0.841. The monoisotopic (exact) mass is 237 g/mol. The predicted molar refractivity (Wildman–Crippen MR) is 66.3 cm³/mol. The summed E-state index contributed by atoms with van der Waals surface area (Å²) in [6, 6.07) is 0.182. The fourth-order valence-electron chi connectivity index (χ4n) is 2.67. The first-order chi connectivity index (χ1) is 8.24. The Morgan fingerprint density at radius 1 is 1.35 bits per heavy atom. The van der Waals surface area contributed by atoms with Crippen molar-refractivity contribution in [3.63, 3.8) is 0 Å². The zero-order valence-electron chi connectivity index (χ0n) is 10.7. The van der Waals surface area contributed by atoms with Crippen LogP contribution in [0.15, 0.2) is 0 Å². The minimum Gasteiger partial charge on any atom is -0.327 e. The first kappa shape index (κ1) is 12.5. The zero-order chi connectivity index (χ0) is 12.1. The number of aromatic nitrogens is 4. The number of hydrogen-bond donors (Lipinski definition) is 1. The van der Waals surface area contributed by atoms with Crippen LogP contribution in [0, 0.1) is 5.92 Å². The van der Waals surface area contributed by atoms with Gasteiger partial charge in [0.2, 0.25) is 0 Å². The van der Waals surface area contributed by atoms with Crippen LogP contribution in [0.2, 0.25) is 0 Å². The van der Waals surface area contributed by atoms with Gasteiger partial charge in [0, 0.05) is 12.5 Å². The molecule has 1 saturated carbocycles. The summed E-state index contributed by atoms with van der Waals surface area (Å²) in [5, 5.41) is 12.0. The van der Waals surface area contributed by atoms with E-state index >= 15 is 0 Å². The van der Waals surface area contributed by atoms with E-state index in [-0.39, 0.29) is 6.04 Å². The molecule has 1 heterocycles. The van der Waals surface area contributed by atoms with E-state index in [9.17, 15) is 0 Å². The van der Waals surface area contributed by atoms with Gasteiger partial charge in [-0.25, -0.2) is 0 Å². The minimum absolute atomic E-state index is 0.182. The van der Waals surface area contributed by atoms with Crippen molar-refractivity contribution in [2.24, 2.45) is 18.7 Å². The van der Waals surface area contributed by atoms with Crippen LogP contribution < -0.4 is 5.73 Å². The average molecular weight is 237 g/mol. The number of aryl methyl sites for hydroxylation is 1. The Morgan fingerprint density at radius 3 is 2.76 bits per heavy atom. The maximum atomic E-state index is 6.12. The van der Waals surface area contributed by atoms with E-state index in [1.807, 2.05) is 0 Å². The van der Waals surface area contributed by atoms with Crippen molar-refractivity contribution >= 4 is 0 Å². The molecule has 0 aromatic carbocycles. The van der Waals surface area contributed by atoms with Crippen LogP contribution in [0.25, 0.3) is 0 Å². The van der Waals surface area contributed by atoms with E-state index in [1.165, 1.54) is 43.3 Å². The summed E-state index contributed by atoms with van der Waals surface area (Å²) in [5.41, 5.74) is 6.12. The van der Waals surface area contributed by atoms with Crippen molar-refractivity contribution in [1.29, 1.82) is 0 Å². The largest absolute Gasteiger partial charge is 0.327 e. The molecular weight excluding hydrogens is 214 g/mol. The van der Waals surface area contributed by atoms with Gasteiger partial charge < -0.3 is 5.73 Å². The van der Waals surface area contributed by atoms with Gasteiger partial charge in [0.25, 0.3) is 0 Å². The SMILES string of the molecule is Cn1nnc(CC(N)CCC2CCCCC2)n1. The van der Waals surface area contributed by atoms with Crippen LogP contribution in [0.3, 0.4) is 0 Å². The van der Waals surface area contributed by atoms with Crippen molar-refractivity contribution in [3.05, 3.63) is 5.82 Å². The summed E-state index contributed by atoms with van der Waals surface area (Å²) < 4.78 is 0. The second-order valence-electron chi connectivity index (χ2n) is 5.24. The van der Waals surface area contributed by atoms with Gasteiger partial charge >= 0.3 is 0 Å². The van der Waals surface area contributed by atoms with Crippen molar-refractivity contribution in [2.45, 2.75) is 57.4 Å². The Balaban J connectivity index is 1.68. The van der Waals surface area contributed by atoms with E-state index in [4.69, 9.17) is 5.73 Å². The van der Waals surface area contributed by atoms with Crippen LogP contribution in [-0.2, 0) is 13.5 Å². The van der Waals surface area contributed by atoms with Gasteiger partial charge in [0.15, 0.2) is 5.82 Å². The first-order valence-corrected chi connectivity index (χ1v) is 6.72. The third kappa shape index (κ3) is 4.07. The number of rotatable bonds is 5. The second-order valence-corrected chi connectivity index (χ2v) is 5.24. The predicted octanol–water partition coefficient (Wildman–Crippen LogP) is 1.44. The summed E-state index contributed by atoms with van der Waals surface area (Å²) in [6.45, 7) is 0. The van der Waals surface area contributed by atoms with Gasteiger partial charge in [-0.05, 0) is 24.0 Å². The van der Waals surface area contributed by atoms with E-state index < -0.39 is 0 Å². The molecule has 0 radical (unpaired) electrons. The van der Waals surface area contributed by atoms with Crippen molar-refractivity contribution < 1.29 is 0 Å². The highest BCUT2D eigenvalue weighted by Gasteiger charge is 2.15. The van der Waals surface area contributed by atoms with E-state index in [2.05, 4.69) is 15.4 Å². The van der Waals surface area contributed by atoms with Gasteiger partial charge in [0.05, 0.1) is 7.05 Å². The van der Waals surface area contributed by atoms with E-state index in [1.54, 1.807) is 7.05 Å². The molecule has 96 valence electrons. The molecule has 1 aliphatic rings. The number of nitrogens with zero attached hydrogens (tertiary/aromatic N) is 4. The molecule has 1 aromatic rings. The molecule has 0 bridgehead atoms. The summed E-state index contributed by atoms with van der Waals surface area (Å²) in [7, 11) is 1.78. The average Bonchev–Trinajstić information content (AvgIpc) is 2.73. The second kappa shape index (κ2) is 6.10. The fourth-order valence-corrected chi connectivity index (χ4v) is 2.67.